The smallest absolute Gasteiger partial charge is 0.0141 e. The molecule has 0 atom stereocenters. The lowest BCUT2D eigenvalue weighted by Gasteiger charge is -2.04. The molecule has 0 aromatic heterocycles. The van der Waals surface area contributed by atoms with Crippen LogP contribution in [0.3, 0.4) is 0 Å². The Hall–Kier alpha value is -0.780. The summed E-state index contributed by atoms with van der Waals surface area (Å²) in [6, 6.07) is 0. The Morgan fingerprint density at radius 3 is 2.91 bits per heavy atom. The van der Waals surface area contributed by atoms with Crippen molar-refractivity contribution in [3.05, 3.63) is 36.5 Å². The van der Waals surface area contributed by atoms with E-state index in [1.807, 2.05) is 6.08 Å². The molecule has 0 heterocycles. The van der Waals surface area contributed by atoms with Crippen LogP contribution in [0.2, 0.25) is 0 Å². The fourth-order valence-corrected chi connectivity index (χ4v) is 1.36. The van der Waals surface area contributed by atoms with Gasteiger partial charge in [0.1, 0.15) is 0 Å². The molecule has 11 heavy (non-hydrogen) atoms. The molecule has 0 bridgehead atoms. The lowest BCUT2D eigenvalue weighted by Crippen LogP contribution is -1.84. The molecule has 0 saturated carbocycles. The topological polar surface area (TPSA) is 0 Å². The minimum absolute atomic E-state index is 1.08. The van der Waals surface area contributed by atoms with Crippen LogP contribution in [0.1, 0.15) is 32.1 Å². The number of hydrogen-bond donors (Lipinski definition) is 0. The highest BCUT2D eigenvalue weighted by Crippen LogP contribution is 2.15. The van der Waals surface area contributed by atoms with Gasteiger partial charge in [-0.05, 0) is 32.1 Å². The van der Waals surface area contributed by atoms with E-state index in [-0.39, 0.29) is 0 Å². The monoisotopic (exact) mass is 148 g/mol. The summed E-state index contributed by atoms with van der Waals surface area (Å²) in [6.07, 6.45) is 14.9. The van der Waals surface area contributed by atoms with Crippen LogP contribution in [-0.4, -0.2) is 0 Å². The first kappa shape index (κ1) is 8.32. The van der Waals surface area contributed by atoms with Crippen LogP contribution in [0.25, 0.3) is 0 Å². The average Bonchev–Trinajstić information content (AvgIpc) is 1.94. The van der Waals surface area contributed by atoms with Gasteiger partial charge in [-0.1, -0.05) is 29.9 Å². The summed E-state index contributed by atoms with van der Waals surface area (Å²) >= 11 is 0. The predicted molar refractivity (Wildman–Crippen MR) is 50.5 cm³/mol. The molecule has 60 valence electrons. The van der Waals surface area contributed by atoms with Gasteiger partial charge in [-0.2, -0.15) is 0 Å². The molecular formula is C11H16. The van der Waals surface area contributed by atoms with Crippen LogP contribution in [0, 0.1) is 0 Å². The summed E-state index contributed by atoms with van der Waals surface area (Å²) in [5, 5.41) is 0. The molecule has 0 heteroatoms. The molecular weight excluding hydrogens is 132 g/mol. The molecule has 1 rings (SSSR count). The van der Waals surface area contributed by atoms with E-state index in [0.717, 1.165) is 6.42 Å². The van der Waals surface area contributed by atoms with Gasteiger partial charge in [0.05, 0.1) is 0 Å². The molecule has 0 aliphatic heterocycles. The Labute approximate surface area is 69.3 Å². The van der Waals surface area contributed by atoms with Crippen LogP contribution in [0.4, 0.5) is 0 Å². The molecule has 0 aromatic carbocycles. The van der Waals surface area contributed by atoms with Crippen molar-refractivity contribution in [2.24, 2.45) is 0 Å². The Balaban J connectivity index is 2.42. The van der Waals surface area contributed by atoms with Crippen LogP contribution < -0.4 is 0 Å². The minimum atomic E-state index is 1.08. The van der Waals surface area contributed by atoms with Gasteiger partial charge in [0, 0.05) is 0 Å². The second-order valence-electron chi connectivity index (χ2n) is 2.94. The lowest BCUT2D eigenvalue weighted by molar-refractivity contribution is 0.885. The molecule has 0 aromatic rings. The lowest BCUT2D eigenvalue weighted by atomic mass is 10.0. The summed E-state index contributed by atoms with van der Waals surface area (Å²) in [7, 11) is 0. The van der Waals surface area contributed by atoms with Gasteiger partial charge in [0.15, 0.2) is 0 Å². The van der Waals surface area contributed by atoms with Gasteiger partial charge in [-0.25, -0.2) is 0 Å². The van der Waals surface area contributed by atoms with Gasteiger partial charge < -0.3 is 0 Å². The quantitative estimate of drug-likeness (QED) is 0.525. The maximum atomic E-state index is 3.75. The van der Waals surface area contributed by atoms with Crippen LogP contribution >= 0.6 is 0 Å². The average molecular weight is 148 g/mol. The summed E-state index contributed by atoms with van der Waals surface area (Å²) < 4.78 is 0. The van der Waals surface area contributed by atoms with Gasteiger partial charge in [0.2, 0.25) is 0 Å². The van der Waals surface area contributed by atoms with Crippen LogP contribution in [0.5, 0.6) is 0 Å². The van der Waals surface area contributed by atoms with E-state index >= 15 is 0 Å². The number of allylic oxidation sites excluding steroid dienone is 5. The zero-order valence-electron chi connectivity index (χ0n) is 7.05. The standard InChI is InChI=1S/C11H16/c1-2-8-11-9-6-4-3-5-7-10-11/h2-4,10H,1,5-9H2/b4-3-,11-10-. The molecule has 0 nitrogen and oxygen atoms in total. The maximum absolute atomic E-state index is 3.75. The SMILES string of the molecule is C=CC/C1=C/CC/C=C\CC1. The fraction of sp³-hybridized carbons (Fsp3) is 0.455. The van der Waals surface area contributed by atoms with Crippen molar-refractivity contribution >= 4 is 0 Å². The zero-order chi connectivity index (χ0) is 7.94. The highest BCUT2D eigenvalue weighted by atomic mass is 14.0. The van der Waals surface area contributed by atoms with Gasteiger partial charge >= 0.3 is 0 Å². The molecule has 0 fully saturated rings. The van der Waals surface area contributed by atoms with Crippen molar-refractivity contribution in [1.29, 1.82) is 0 Å². The minimum Gasteiger partial charge on any atom is -0.103 e. The number of hydrogen-bond acceptors (Lipinski definition) is 0. The molecule has 1 aliphatic rings. The maximum Gasteiger partial charge on any atom is -0.0141 e. The number of rotatable bonds is 2. The molecule has 0 unspecified atom stereocenters. The largest absolute Gasteiger partial charge is 0.103 e. The highest BCUT2D eigenvalue weighted by Gasteiger charge is 1.95. The zero-order valence-corrected chi connectivity index (χ0v) is 7.05. The Bertz CT molecular complexity index is 172. The summed E-state index contributed by atoms with van der Waals surface area (Å²) in [4.78, 5) is 0. The predicted octanol–water partition coefficient (Wildman–Crippen LogP) is 3.62. The second kappa shape index (κ2) is 4.95. The van der Waals surface area contributed by atoms with Gasteiger partial charge in [-0.15, -0.1) is 6.58 Å². The molecule has 0 amide bonds. The Kier molecular flexibility index (Phi) is 3.74. The summed E-state index contributed by atoms with van der Waals surface area (Å²) in [5.41, 5.74) is 1.56. The fourth-order valence-electron chi connectivity index (χ4n) is 1.36. The van der Waals surface area contributed by atoms with Crippen molar-refractivity contribution in [3.8, 4) is 0 Å². The molecule has 1 aliphatic carbocycles. The van der Waals surface area contributed by atoms with Crippen molar-refractivity contribution in [3.63, 3.8) is 0 Å². The van der Waals surface area contributed by atoms with Crippen molar-refractivity contribution in [2.75, 3.05) is 0 Å². The first-order valence-corrected chi connectivity index (χ1v) is 4.37. The van der Waals surface area contributed by atoms with E-state index in [1.54, 1.807) is 5.57 Å². The second-order valence-corrected chi connectivity index (χ2v) is 2.94. The Morgan fingerprint density at radius 2 is 2.09 bits per heavy atom. The normalized spacial score (nSPS) is 26.0. The van der Waals surface area contributed by atoms with Crippen LogP contribution in [-0.2, 0) is 0 Å². The van der Waals surface area contributed by atoms with Crippen LogP contribution in [0.15, 0.2) is 36.5 Å². The third-order valence-electron chi connectivity index (χ3n) is 1.97. The van der Waals surface area contributed by atoms with E-state index in [1.165, 1.54) is 25.7 Å². The summed E-state index contributed by atoms with van der Waals surface area (Å²) in [5.74, 6) is 0. The molecule has 0 N–H and O–H groups in total. The first-order valence-electron chi connectivity index (χ1n) is 4.37. The van der Waals surface area contributed by atoms with Gasteiger partial charge in [-0.3, -0.25) is 0 Å². The van der Waals surface area contributed by atoms with Crippen molar-refractivity contribution in [1.82, 2.24) is 0 Å². The highest BCUT2D eigenvalue weighted by molar-refractivity contribution is 5.09. The third kappa shape index (κ3) is 3.22. The van der Waals surface area contributed by atoms with E-state index < -0.39 is 0 Å². The van der Waals surface area contributed by atoms with Crippen molar-refractivity contribution in [2.45, 2.75) is 32.1 Å². The van der Waals surface area contributed by atoms with Crippen molar-refractivity contribution < 1.29 is 0 Å². The van der Waals surface area contributed by atoms with E-state index in [2.05, 4.69) is 24.8 Å². The third-order valence-corrected chi connectivity index (χ3v) is 1.97. The van der Waals surface area contributed by atoms with E-state index in [0.29, 0.717) is 0 Å². The molecule has 0 radical (unpaired) electrons. The van der Waals surface area contributed by atoms with E-state index in [4.69, 9.17) is 0 Å². The molecule has 0 saturated heterocycles. The van der Waals surface area contributed by atoms with Gasteiger partial charge in [0.25, 0.3) is 0 Å². The first-order chi connectivity index (χ1) is 5.43. The Morgan fingerprint density at radius 1 is 1.27 bits per heavy atom. The van der Waals surface area contributed by atoms with E-state index in [9.17, 15) is 0 Å². The summed E-state index contributed by atoms with van der Waals surface area (Å²) in [6.45, 7) is 3.75. The molecule has 0 spiro atoms.